The van der Waals surface area contributed by atoms with E-state index in [0.29, 0.717) is 30.5 Å². The molecule has 18 heteroatoms. The minimum Gasteiger partial charge on any atom is -0.504 e. The van der Waals surface area contributed by atoms with Crippen LogP contribution in [0.3, 0.4) is 0 Å². The number of hydrogen-bond donors (Lipinski definition) is 9. The van der Waals surface area contributed by atoms with Crippen molar-refractivity contribution in [3.63, 3.8) is 0 Å². The van der Waals surface area contributed by atoms with Crippen molar-refractivity contribution >= 4 is 29.7 Å². The Kier molecular flexibility index (Phi) is 16.1. The number of carbonyl (C=O) groups is 4. The second-order valence-corrected chi connectivity index (χ2v) is 15.3. The number of phenolic OH excluding ortho intramolecular Hbond substituents is 4. The van der Waals surface area contributed by atoms with Crippen LogP contribution < -0.4 is 21.9 Å². The molecule has 1 saturated carbocycles. The Bertz CT molecular complexity index is 1830. The van der Waals surface area contributed by atoms with Crippen molar-refractivity contribution in [2.24, 2.45) is 17.0 Å². The average molecular weight is 809 g/mol. The second-order valence-electron chi connectivity index (χ2n) is 15.3. The maximum Gasteiger partial charge on any atom is 0.325 e. The molecule has 6 rings (SSSR count). The van der Waals surface area contributed by atoms with Crippen LogP contribution in [0.5, 0.6) is 23.0 Å². The number of phenols is 4. The zero-order valence-corrected chi connectivity index (χ0v) is 32.8. The lowest BCUT2D eigenvalue weighted by Crippen LogP contribution is -2.54. The SMILES string of the molecule is C[C@@](Cc1ccc(O)c(O)c1)(NN)C(=O)O.N[C@@H](Cc1ccc(O)c(O)c1)C(=O)O.O=C1CC2(CCCC2)CC(=O)N1CCCCN1CCN(c2ncccn2)CC1. The molecule has 18 nitrogen and oxygen atoms in total. The molecule has 11 N–H and O–H groups in total. The molecule has 3 aromatic rings. The first-order chi connectivity index (χ1) is 27.5. The van der Waals surface area contributed by atoms with E-state index in [9.17, 15) is 24.3 Å². The third kappa shape index (κ3) is 12.7. The molecule has 3 heterocycles. The molecule has 3 aliphatic rings. The lowest BCUT2D eigenvalue weighted by atomic mass is 9.76. The first kappa shape index (κ1) is 45.1. The summed E-state index contributed by atoms with van der Waals surface area (Å²) >= 11 is 0. The predicted molar refractivity (Wildman–Crippen MR) is 213 cm³/mol. The number of piperazine rings is 1. The minimum absolute atomic E-state index is 0.00676. The largest absolute Gasteiger partial charge is 0.504 e. The molecule has 1 aliphatic carbocycles. The molecule has 3 fully saturated rings. The van der Waals surface area contributed by atoms with Gasteiger partial charge in [-0.25, -0.2) is 15.4 Å². The Labute approximate surface area is 337 Å². The number of aromatic nitrogens is 2. The van der Waals surface area contributed by atoms with Crippen molar-refractivity contribution in [2.45, 2.75) is 82.7 Å². The summed E-state index contributed by atoms with van der Waals surface area (Å²) in [6, 6.07) is 9.05. The summed E-state index contributed by atoms with van der Waals surface area (Å²) in [5, 5.41) is 54.0. The quantitative estimate of drug-likeness (QED) is 0.0393. The fourth-order valence-corrected chi connectivity index (χ4v) is 7.31. The summed E-state index contributed by atoms with van der Waals surface area (Å²) in [6.45, 7) is 6.92. The number of benzene rings is 2. The molecule has 2 aliphatic heterocycles. The molecular formula is C40H56N8O10. The number of aliphatic carboxylic acids is 2. The Morgan fingerprint density at radius 1 is 0.828 bits per heavy atom. The van der Waals surface area contributed by atoms with Gasteiger partial charge in [-0.2, -0.15) is 0 Å². The summed E-state index contributed by atoms with van der Waals surface area (Å²) in [5.41, 5.74) is 7.32. The molecule has 0 bridgehead atoms. The molecule has 2 amide bonds. The maximum absolute atomic E-state index is 12.5. The molecule has 2 aromatic carbocycles. The van der Waals surface area contributed by atoms with Crippen LogP contribution >= 0.6 is 0 Å². The number of likely N-dealkylation sites (tertiary alicyclic amines) is 1. The Morgan fingerprint density at radius 3 is 1.88 bits per heavy atom. The molecule has 58 heavy (non-hydrogen) atoms. The van der Waals surface area contributed by atoms with Crippen LogP contribution in [0, 0.1) is 5.41 Å². The normalized spacial score (nSPS) is 18.1. The third-order valence-electron chi connectivity index (χ3n) is 10.8. The predicted octanol–water partition coefficient (Wildman–Crippen LogP) is 2.09. The van der Waals surface area contributed by atoms with E-state index >= 15 is 0 Å². The number of carboxylic acid groups (broad SMARTS) is 2. The summed E-state index contributed by atoms with van der Waals surface area (Å²) in [5.74, 6) is 2.87. The number of amides is 2. The summed E-state index contributed by atoms with van der Waals surface area (Å²) in [6.07, 6.45) is 11.3. The molecule has 2 atom stereocenters. The van der Waals surface area contributed by atoms with Crippen molar-refractivity contribution < 1.29 is 49.8 Å². The van der Waals surface area contributed by atoms with Gasteiger partial charge in [-0.1, -0.05) is 25.0 Å². The number of imide groups is 1. The maximum atomic E-state index is 12.5. The molecule has 2 saturated heterocycles. The number of unbranched alkanes of at least 4 members (excludes halogenated alkanes) is 1. The molecule has 1 aromatic heterocycles. The fourth-order valence-electron chi connectivity index (χ4n) is 7.31. The smallest absolute Gasteiger partial charge is 0.325 e. The molecule has 1 spiro atoms. The number of carbonyl (C=O) groups excluding carboxylic acids is 2. The van der Waals surface area contributed by atoms with Gasteiger partial charge >= 0.3 is 11.9 Å². The Morgan fingerprint density at radius 2 is 1.36 bits per heavy atom. The van der Waals surface area contributed by atoms with Crippen LogP contribution in [0.15, 0.2) is 54.9 Å². The van der Waals surface area contributed by atoms with Gasteiger partial charge < -0.3 is 41.3 Å². The third-order valence-corrected chi connectivity index (χ3v) is 10.8. The van der Waals surface area contributed by atoms with E-state index in [-0.39, 0.29) is 53.1 Å². The monoisotopic (exact) mass is 808 g/mol. The van der Waals surface area contributed by atoms with Crippen LogP contribution in [0.2, 0.25) is 0 Å². The molecular weight excluding hydrogens is 752 g/mol. The highest BCUT2D eigenvalue weighted by molar-refractivity contribution is 5.98. The van der Waals surface area contributed by atoms with E-state index in [0.717, 1.165) is 64.4 Å². The highest BCUT2D eigenvalue weighted by atomic mass is 16.4. The van der Waals surface area contributed by atoms with E-state index in [4.69, 9.17) is 37.1 Å². The molecule has 316 valence electrons. The topological polar surface area (TPSA) is 289 Å². The van der Waals surface area contributed by atoms with E-state index in [1.54, 1.807) is 12.4 Å². The van der Waals surface area contributed by atoms with Gasteiger partial charge in [-0.15, -0.1) is 0 Å². The van der Waals surface area contributed by atoms with E-state index in [1.807, 2.05) is 6.07 Å². The Hall–Kier alpha value is -5.56. The summed E-state index contributed by atoms with van der Waals surface area (Å²) in [4.78, 5) is 61.2. The first-order valence-corrected chi connectivity index (χ1v) is 19.3. The number of anilines is 1. The van der Waals surface area contributed by atoms with Crippen LogP contribution in [0.1, 0.15) is 69.4 Å². The highest BCUT2D eigenvalue weighted by Gasteiger charge is 2.44. The van der Waals surface area contributed by atoms with Crippen LogP contribution in [-0.4, -0.2) is 125 Å². The minimum atomic E-state index is -1.32. The van der Waals surface area contributed by atoms with Crippen LogP contribution in [-0.2, 0) is 32.0 Å². The van der Waals surface area contributed by atoms with Gasteiger partial charge in [-0.05, 0) is 92.4 Å². The molecule has 0 unspecified atom stereocenters. The summed E-state index contributed by atoms with van der Waals surface area (Å²) in [7, 11) is 0. The van der Waals surface area contributed by atoms with Gasteiger partial charge in [0.1, 0.15) is 11.6 Å². The van der Waals surface area contributed by atoms with Crippen molar-refractivity contribution in [3.05, 3.63) is 66.0 Å². The number of nitrogens with two attached hydrogens (primary N) is 2. The standard InChI is InChI=1S/C21H31N5O2.C10H14N2O4.C9H11NO4/c27-18-16-21(6-1-2-7-21)17-19(28)26(18)11-4-3-10-24-12-14-25(15-13-24)20-22-8-5-9-23-20;1-10(12-11,9(15)16)5-6-2-3-7(13)8(14)4-6;10-6(9(13)14)3-5-1-2-7(11)8(12)4-5/h5,8-9H,1-4,6-7,10-17H2;2-4,12-14H,5,11H2,1H3,(H,15,16);1-2,4,6,11-12H,3,10H2,(H,13,14)/t;10-;6-/m.00/s1. The van der Waals surface area contributed by atoms with Crippen molar-refractivity contribution in [2.75, 3.05) is 44.2 Å². The van der Waals surface area contributed by atoms with E-state index in [1.165, 1.54) is 61.1 Å². The van der Waals surface area contributed by atoms with Gasteiger partial charge in [0.15, 0.2) is 23.0 Å². The van der Waals surface area contributed by atoms with Crippen LogP contribution in [0.4, 0.5) is 5.95 Å². The lowest BCUT2D eigenvalue weighted by Gasteiger charge is -2.37. The number of nitrogens with zero attached hydrogens (tertiary/aromatic N) is 5. The van der Waals surface area contributed by atoms with Gasteiger partial charge in [0, 0.05) is 64.4 Å². The van der Waals surface area contributed by atoms with Gasteiger partial charge in [-0.3, -0.25) is 34.8 Å². The van der Waals surface area contributed by atoms with E-state index in [2.05, 4.69) is 25.2 Å². The van der Waals surface area contributed by atoms with Crippen LogP contribution in [0.25, 0.3) is 0 Å². The van der Waals surface area contributed by atoms with Gasteiger partial charge in [0.05, 0.1) is 0 Å². The number of hydrazine groups is 1. The number of aromatic hydroxyl groups is 4. The average Bonchev–Trinajstić information content (AvgIpc) is 3.64. The molecule has 0 radical (unpaired) electrons. The van der Waals surface area contributed by atoms with E-state index < -0.39 is 23.5 Å². The number of carboxylic acids is 2. The zero-order valence-electron chi connectivity index (χ0n) is 32.8. The van der Waals surface area contributed by atoms with Gasteiger partial charge in [0.25, 0.3) is 0 Å². The van der Waals surface area contributed by atoms with Crippen molar-refractivity contribution in [1.82, 2.24) is 25.2 Å². The zero-order chi connectivity index (χ0) is 42.5. The fraction of sp³-hybridized carbons (Fsp3) is 0.500. The number of rotatable bonds is 13. The summed E-state index contributed by atoms with van der Waals surface area (Å²) < 4.78 is 0. The first-order valence-electron chi connectivity index (χ1n) is 19.3. The number of piperidine rings is 1. The Balaban J connectivity index is 0.000000211. The lowest BCUT2D eigenvalue weighted by molar-refractivity contribution is -0.153. The van der Waals surface area contributed by atoms with Crippen molar-refractivity contribution in [1.29, 1.82) is 0 Å². The number of hydrogen-bond acceptors (Lipinski definition) is 15. The number of nitrogens with one attached hydrogen (secondary N) is 1. The van der Waals surface area contributed by atoms with Gasteiger partial charge in [0.2, 0.25) is 17.8 Å². The highest BCUT2D eigenvalue weighted by Crippen LogP contribution is 2.47. The van der Waals surface area contributed by atoms with Crippen molar-refractivity contribution in [3.8, 4) is 23.0 Å². The second kappa shape index (κ2) is 20.7.